The number of nitrogens with zero attached hydrogens (tertiary/aromatic N) is 1. The molecule has 4 rings (SSSR count). The SMILES string of the molecule is NC(=O)CN(C1(C(=O)O)CC1c1ccccc1)S(=O)(=O)c1ccc(-c2ccc(Cl)cc2)cc1. The first-order valence-electron chi connectivity index (χ1n) is 10.1. The Morgan fingerprint density at radius 1 is 0.970 bits per heavy atom. The number of carbonyl (C=O) groups is 2. The Labute approximate surface area is 196 Å². The summed E-state index contributed by atoms with van der Waals surface area (Å²) in [5.41, 5.74) is 5.83. The van der Waals surface area contributed by atoms with Gasteiger partial charge in [-0.05, 0) is 47.4 Å². The van der Waals surface area contributed by atoms with E-state index in [-0.39, 0.29) is 11.3 Å². The normalized spacial score (nSPS) is 19.9. The molecular formula is C24H21ClN2O5S. The zero-order chi connectivity index (χ0) is 23.8. The van der Waals surface area contributed by atoms with Gasteiger partial charge in [-0.2, -0.15) is 4.31 Å². The molecule has 7 nitrogen and oxygen atoms in total. The molecule has 0 aliphatic heterocycles. The molecule has 3 N–H and O–H groups in total. The highest BCUT2D eigenvalue weighted by Gasteiger charge is 2.68. The van der Waals surface area contributed by atoms with Crippen LogP contribution >= 0.6 is 11.6 Å². The van der Waals surface area contributed by atoms with E-state index in [1.165, 1.54) is 12.1 Å². The fraction of sp³-hybridized carbons (Fsp3) is 0.167. The molecule has 9 heteroatoms. The Morgan fingerprint density at radius 3 is 2.03 bits per heavy atom. The molecule has 1 fully saturated rings. The number of halogens is 1. The number of amides is 1. The van der Waals surface area contributed by atoms with Crippen molar-refractivity contribution >= 4 is 33.5 Å². The van der Waals surface area contributed by atoms with Crippen LogP contribution < -0.4 is 5.73 Å². The Balaban J connectivity index is 1.73. The predicted molar refractivity (Wildman–Crippen MR) is 124 cm³/mol. The summed E-state index contributed by atoms with van der Waals surface area (Å²) < 4.78 is 27.9. The van der Waals surface area contributed by atoms with Crippen molar-refractivity contribution < 1.29 is 23.1 Å². The summed E-state index contributed by atoms with van der Waals surface area (Å²) in [6.07, 6.45) is 0.0434. The van der Waals surface area contributed by atoms with E-state index in [0.29, 0.717) is 10.6 Å². The van der Waals surface area contributed by atoms with Gasteiger partial charge >= 0.3 is 5.97 Å². The topological polar surface area (TPSA) is 118 Å². The van der Waals surface area contributed by atoms with Gasteiger partial charge in [-0.3, -0.25) is 9.59 Å². The molecule has 3 aromatic rings. The van der Waals surface area contributed by atoms with Crippen molar-refractivity contribution in [3.8, 4) is 11.1 Å². The maximum absolute atomic E-state index is 13.6. The zero-order valence-electron chi connectivity index (χ0n) is 17.4. The fourth-order valence-electron chi connectivity index (χ4n) is 4.12. The number of aliphatic carboxylic acids is 1. The van der Waals surface area contributed by atoms with E-state index in [0.717, 1.165) is 15.4 Å². The Hall–Kier alpha value is -3.20. The van der Waals surface area contributed by atoms with Crippen LogP contribution in [0.5, 0.6) is 0 Å². The standard InChI is InChI=1S/C24H21ClN2O5S/c25-19-10-6-16(7-11-19)17-8-12-20(13-9-17)33(31,32)27(15-22(26)28)24(23(29)30)14-21(24)18-4-2-1-3-5-18/h1-13,21H,14-15H2,(H2,26,28)(H,29,30). The van der Waals surface area contributed by atoms with Gasteiger partial charge in [0.1, 0.15) is 5.54 Å². The molecule has 33 heavy (non-hydrogen) atoms. The number of benzene rings is 3. The monoisotopic (exact) mass is 484 g/mol. The summed E-state index contributed by atoms with van der Waals surface area (Å²) in [5.74, 6) is -2.85. The molecular weight excluding hydrogens is 464 g/mol. The molecule has 0 heterocycles. The minimum absolute atomic E-state index is 0.0434. The molecule has 2 unspecified atom stereocenters. The van der Waals surface area contributed by atoms with Crippen LogP contribution in [0.1, 0.15) is 17.9 Å². The summed E-state index contributed by atoms with van der Waals surface area (Å²) in [6, 6.07) is 21.9. The van der Waals surface area contributed by atoms with Gasteiger partial charge in [0.2, 0.25) is 15.9 Å². The molecule has 0 saturated heterocycles. The average molecular weight is 485 g/mol. The van der Waals surface area contributed by atoms with Crippen LogP contribution in [0, 0.1) is 0 Å². The Bertz CT molecular complexity index is 1290. The van der Waals surface area contributed by atoms with Gasteiger partial charge < -0.3 is 10.8 Å². The van der Waals surface area contributed by atoms with E-state index in [1.54, 1.807) is 66.7 Å². The second-order valence-electron chi connectivity index (χ2n) is 7.91. The van der Waals surface area contributed by atoms with Gasteiger partial charge in [0.15, 0.2) is 0 Å². The van der Waals surface area contributed by atoms with Gasteiger partial charge in [0.05, 0.1) is 11.4 Å². The Kier molecular flexibility index (Phi) is 6.00. The summed E-state index contributed by atoms with van der Waals surface area (Å²) >= 11 is 5.92. The highest BCUT2D eigenvalue weighted by Crippen LogP contribution is 2.57. The number of hydrogen-bond donors (Lipinski definition) is 2. The highest BCUT2D eigenvalue weighted by molar-refractivity contribution is 7.89. The van der Waals surface area contributed by atoms with E-state index in [9.17, 15) is 23.1 Å². The second-order valence-corrected chi connectivity index (χ2v) is 10.2. The molecule has 2 atom stereocenters. The first-order chi connectivity index (χ1) is 15.7. The number of rotatable bonds is 8. The number of primary amides is 1. The molecule has 0 aromatic heterocycles. The molecule has 0 bridgehead atoms. The van der Waals surface area contributed by atoms with Gasteiger partial charge in [0, 0.05) is 10.9 Å². The first kappa shape index (κ1) is 23.0. The number of carboxylic acids is 1. The van der Waals surface area contributed by atoms with Crippen molar-refractivity contribution in [2.75, 3.05) is 6.54 Å². The lowest BCUT2D eigenvalue weighted by Gasteiger charge is -2.28. The van der Waals surface area contributed by atoms with E-state index in [1.807, 2.05) is 0 Å². The molecule has 0 radical (unpaired) electrons. The number of sulfonamides is 1. The van der Waals surface area contributed by atoms with Crippen molar-refractivity contribution in [2.24, 2.45) is 5.73 Å². The number of nitrogens with two attached hydrogens (primary N) is 1. The third-order valence-corrected chi connectivity index (χ3v) is 8.02. The number of hydrogen-bond acceptors (Lipinski definition) is 4. The van der Waals surface area contributed by atoms with E-state index >= 15 is 0 Å². The molecule has 1 aliphatic rings. The van der Waals surface area contributed by atoms with E-state index in [2.05, 4.69) is 0 Å². The maximum atomic E-state index is 13.6. The average Bonchev–Trinajstić information content (AvgIpc) is 3.55. The van der Waals surface area contributed by atoms with Crippen LogP contribution in [0.2, 0.25) is 5.02 Å². The van der Waals surface area contributed by atoms with Crippen molar-refractivity contribution in [3.63, 3.8) is 0 Å². The van der Waals surface area contributed by atoms with Crippen LogP contribution in [0.25, 0.3) is 11.1 Å². The molecule has 3 aromatic carbocycles. The van der Waals surface area contributed by atoms with Crippen LogP contribution in [0.4, 0.5) is 0 Å². The number of carbonyl (C=O) groups excluding carboxylic acids is 1. The highest BCUT2D eigenvalue weighted by atomic mass is 35.5. The molecule has 1 aliphatic carbocycles. The molecule has 1 saturated carbocycles. The third kappa shape index (κ3) is 4.25. The largest absolute Gasteiger partial charge is 0.480 e. The predicted octanol–water partition coefficient (Wildman–Crippen LogP) is 3.49. The lowest BCUT2D eigenvalue weighted by molar-refractivity contribution is -0.143. The minimum Gasteiger partial charge on any atom is -0.480 e. The Morgan fingerprint density at radius 2 is 1.52 bits per heavy atom. The lowest BCUT2D eigenvalue weighted by atomic mass is 10.1. The van der Waals surface area contributed by atoms with Gasteiger partial charge in [-0.25, -0.2) is 8.42 Å². The molecule has 170 valence electrons. The zero-order valence-corrected chi connectivity index (χ0v) is 19.0. The van der Waals surface area contributed by atoms with Crippen molar-refractivity contribution in [1.29, 1.82) is 0 Å². The van der Waals surface area contributed by atoms with Crippen molar-refractivity contribution in [1.82, 2.24) is 4.31 Å². The van der Waals surface area contributed by atoms with Crippen LogP contribution in [-0.2, 0) is 19.6 Å². The fourth-order valence-corrected chi connectivity index (χ4v) is 5.99. The first-order valence-corrected chi connectivity index (χ1v) is 11.9. The van der Waals surface area contributed by atoms with Crippen LogP contribution in [0.3, 0.4) is 0 Å². The van der Waals surface area contributed by atoms with Gasteiger partial charge in [-0.15, -0.1) is 0 Å². The number of carboxylic acid groups (broad SMARTS) is 1. The molecule has 1 amide bonds. The quantitative estimate of drug-likeness (QED) is 0.507. The van der Waals surface area contributed by atoms with Gasteiger partial charge in [-0.1, -0.05) is 66.2 Å². The van der Waals surface area contributed by atoms with E-state index < -0.39 is 39.9 Å². The smallest absolute Gasteiger partial charge is 0.325 e. The molecule has 0 spiro atoms. The van der Waals surface area contributed by atoms with E-state index in [4.69, 9.17) is 17.3 Å². The summed E-state index contributed by atoms with van der Waals surface area (Å²) in [7, 11) is -4.35. The van der Waals surface area contributed by atoms with Crippen molar-refractivity contribution in [2.45, 2.75) is 22.8 Å². The van der Waals surface area contributed by atoms with Gasteiger partial charge in [0.25, 0.3) is 0 Å². The minimum atomic E-state index is -4.35. The lowest BCUT2D eigenvalue weighted by Crippen LogP contribution is -2.51. The second kappa shape index (κ2) is 8.62. The summed E-state index contributed by atoms with van der Waals surface area (Å²) in [6.45, 7) is -0.739. The van der Waals surface area contributed by atoms with Crippen LogP contribution in [-0.4, -0.2) is 41.8 Å². The van der Waals surface area contributed by atoms with Crippen molar-refractivity contribution in [3.05, 3.63) is 89.4 Å². The third-order valence-electron chi connectivity index (χ3n) is 5.87. The summed E-state index contributed by atoms with van der Waals surface area (Å²) in [5, 5.41) is 10.7. The maximum Gasteiger partial charge on any atom is 0.325 e. The summed E-state index contributed by atoms with van der Waals surface area (Å²) in [4.78, 5) is 24.0. The van der Waals surface area contributed by atoms with Crippen LogP contribution in [0.15, 0.2) is 83.8 Å².